The summed E-state index contributed by atoms with van der Waals surface area (Å²) in [5.74, 6) is 1.66. The van der Waals surface area contributed by atoms with Gasteiger partial charge in [-0.1, -0.05) is 52.0 Å². The zero-order valence-electron chi connectivity index (χ0n) is 15.5. The van der Waals surface area contributed by atoms with Gasteiger partial charge >= 0.3 is 0 Å². The zero-order chi connectivity index (χ0) is 16.9. The maximum atomic E-state index is 5.88. The minimum Gasteiger partial charge on any atom is -0.493 e. The molecule has 1 atom stereocenters. The van der Waals surface area contributed by atoms with Crippen molar-refractivity contribution in [2.24, 2.45) is 0 Å². The topological polar surface area (TPSA) is 30.5 Å². The number of unbranched alkanes of at least 4 members (excludes halogenated alkanes) is 5. The predicted octanol–water partition coefficient (Wildman–Crippen LogP) is 5.32. The molecule has 0 aliphatic rings. The van der Waals surface area contributed by atoms with Gasteiger partial charge in [0.15, 0.2) is 11.5 Å². The quantitative estimate of drug-likeness (QED) is 0.499. The number of ether oxygens (including phenoxy) is 2. The highest BCUT2D eigenvalue weighted by Crippen LogP contribution is 2.29. The standard InChI is InChI=1S/C20H35NO2/c1-5-7-8-9-10-11-14-21-16-18-12-13-19(20(15-18)22-4)23-17(3)6-2/h12-13,15,17,21H,5-11,14,16H2,1-4H3. The minimum absolute atomic E-state index is 0.209. The average molecular weight is 322 g/mol. The van der Waals surface area contributed by atoms with Crippen LogP contribution in [0.5, 0.6) is 11.5 Å². The summed E-state index contributed by atoms with van der Waals surface area (Å²) in [5.41, 5.74) is 1.24. The Kier molecular flexibility index (Phi) is 10.5. The van der Waals surface area contributed by atoms with Crippen LogP contribution in [-0.2, 0) is 6.54 Å². The van der Waals surface area contributed by atoms with Crippen molar-refractivity contribution >= 4 is 0 Å². The Labute approximate surface area is 142 Å². The first-order chi connectivity index (χ1) is 11.2. The maximum absolute atomic E-state index is 5.88. The molecular formula is C20H35NO2. The first-order valence-electron chi connectivity index (χ1n) is 9.25. The maximum Gasteiger partial charge on any atom is 0.161 e. The highest BCUT2D eigenvalue weighted by molar-refractivity contribution is 5.43. The molecule has 0 bridgehead atoms. The van der Waals surface area contributed by atoms with E-state index in [2.05, 4.69) is 38.2 Å². The zero-order valence-corrected chi connectivity index (χ0v) is 15.5. The van der Waals surface area contributed by atoms with Crippen LogP contribution in [0.1, 0.15) is 71.3 Å². The Balaban J connectivity index is 2.31. The molecule has 0 amide bonds. The van der Waals surface area contributed by atoms with Crippen molar-refractivity contribution in [2.75, 3.05) is 13.7 Å². The van der Waals surface area contributed by atoms with Crippen LogP contribution in [-0.4, -0.2) is 19.8 Å². The van der Waals surface area contributed by atoms with Crippen LogP contribution in [0.25, 0.3) is 0 Å². The molecule has 23 heavy (non-hydrogen) atoms. The molecular weight excluding hydrogens is 286 g/mol. The van der Waals surface area contributed by atoms with Crippen molar-refractivity contribution in [1.29, 1.82) is 0 Å². The Morgan fingerprint density at radius 3 is 2.43 bits per heavy atom. The van der Waals surface area contributed by atoms with Crippen molar-refractivity contribution in [3.05, 3.63) is 23.8 Å². The highest BCUT2D eigenvalue weighted by atomic mass is 16.5. The molecule has 1 rings (SSSR count). The van der Waals surface area contributed by atoms with E-state index >= 15 is 0 Å². The molecule has 0 spiro atoms. The molecule has 1 aromatic carbocycles. The van der Waals surface area contributed by atoms with Crippen LogP contribution in [0.2, 0.25) is 0 Å². The molecule has 0 aliphatic heterocycles. The summed E-state index contributed by atoms with van der Waals surface area (Å²) in [4.78, 5) is 0. The first-order valence-corrected chi connectivity index (χ1v) is 9.25. The Morgan fingerprint density at radius 2 is 1.74 bits per heavy atom. The molecule has 0 saturated carbocycles. The number of rotatable bonds is 13. The van der Waals surface area contributed by atoms with Gasteiger partial charge in [-0.05, 0) is 44.0 Å². The third kappa shape index (κ3) is 8.26. The van der Waals surface area contributed by atoms with E-state index < -0.39 is 0 Å². The van der Waals surface area contributed by atoms with Crippen molar-refractivity contribution in [2.45, 2.75) is 78.4 Å². The molecule has 1 unspecified atom stereocenters. The van der Waals surface area contributed by atoms with E-state index in [9.17, 15) is 0 Å². The summed E-state index contributed by atoms with van der Waals surface area (Å²) in [6.45, 7) is 8.43. The summed E-state index contributed by atoms with van der Waals surface area (Å²) in [6.07, 6.45) is 9.23. The highest BCUT2D eigenvalue weighted by Gasteiger charge is 2.08. The lowest BCUT2D eigenvalue weighted by molar-refractivity contribution is 0.207. The molecule has 1 aromatic rings. The van der Waals surface area contributed by atoms with E-state index in [0.29, 0.717) is 0 Å². The fourth-order valence-corrected chi connectivity index (χ4v) is 2.48. The Bertz CT molecular complexity index is 420. The molecule has 0 aromatic heterocycles. The summed E-state index contributed by atoms with van der Waals surface area (Å²) in [6, 6.07) is 6.22. The van der Waals surface area contributed by atoms with Crippen LogP contribution in [0.4, 0.5) is 0 Å². The number of methoxy groups -OCH3 is 1. The summed E-state index contributed by atoms with van der Waals surface area (Å²) in [7, 11) is 1.70. The van der Waals surface area contributed by atoms with Crippen molar-refractivity contribution < 1.29 is 9.47 Å². The molecule has 0 saturated heterocycles. The van der Waals surface area contributed by atoms with Crippen LogP contribution in [0, 0.1) is 0 Å². The Hall–Kier alpha value is -1.22. The van der Waals surface area contributed by atoms with Gasteiger partial charge in [0.25, 0.3) is 0 Å². The molecule has 132 valence electrons. The van der Waals surface area contributed by atoms with Gasteiger partial charge in [-0.25, -0.2) is 0 Å². The fraction of sp³-hybridized carbons (Fsp3) is 0.700. The van der Waals surface area contributed by atoms with Gasteiger partial charge < -0.3 is 14.8 Å². The molecule has 1 N–H and O–H groups in total. The second-order valence-corrected chi connectivity index (χ2v) is 6.27. The first kappa shape index (κ1) is 19.8. The molecule has 3 heteroatoms. The SMILES string of the molecule is CCCCCCCCNCc1ccc(OC(C)CC)c(OC)c1. The van der Waals surface area contributed by atoms with Crippen LogP contribution in [0.15, 0.2) is 18.2 Å². The number of hydrogen-bond donors (Lipinski definition) is 1. The number of hydrogen-bond acceptors (Lipinski definition) is 3. The lowest BCUT2D eigenvalue weighted by atomic mass is 10.1. The molecule has 0 aliphatic carbocycles. The van der Waals surface area contributed by atoms with Gasteiger partial charge in [-0.15, -0.1) is 0 Å². The lowest BCUT2D eigenvalue weighted by Gasteiger charge is -2.16. The van der Waals surface area contributed by atoms with E-state index in [4.69, 9.17) is 9.47 Å². The van der Waals surface area contributed by atoms with Crippen LogP contribution < -0.4 is 14.8 Å². The lowest BCUT2D eigenvalue weighted by Crippen LogP contribution is -2.15. The van der Waals surface area contributed by atoms with Gasteiger partial charge in [0, 0.05) is 6.54 Å². The van der Waals surface area contributed by atoms with Gasteiger partial charge in [0.05, 0.1) is 13.2 Å². The van der Waals surface area contributed by atoms with Crippen LogP contribution in [0.3, 0.4) is 0 Å². The molecule has 0 fully saturated rings. The van der Waals surface area contributed by atoms with Gasteiger partial charge in [0.1, 0.15) is 0 Å². The second-order valence-electron chi connectivity index (χ2n) is 6.27. The van der Waals surface area contributed by atoms with Crippen molar-refractivity contribution in [1.82, 2.24) is 5.32 Å². The monoisotopic (exact) mass is 321 g/mol. The van der Waals surface area contributed by atoms with E-state index in [-0.39, 0.29) is 6.10 Å². The fourth-order valence-electron chi connectivity index (χ4n) is 2.48. The van der Waals surface area contributed by atoms with Crippen LogP contribution >= 0.6 is 0 Å². The summed E-state index contributed by atoms with van der Waals surface area (Å²) >= 11 is 0. The molecule has 0 radical (unpaired) electrons. The summed E-state index contributed by atoms with van der Waals surface area (Å²) in [5, 5.41) is 3.52. The van der Waals surface area contributed by atoms with Crippen molar-refractivity contribution in [3.8, 4) is 11.5 Å². The van der Waals surface area contributed by atoms with Crippen molar-refractivity contribution in [3.63, 3.8) is 0 Å². The summed E-state index contributed by atoms with van der Waals surface area (Å²) < 4.78 is 11.3. The molecule has 3 nitrogen and oxygen atoms in total. The van der Waals surface area contributed by atoms with E-state index in [1.165, 1.54) is 44.1 Å². The smallest absolute Gasteiger partial charge is 0.161 e. The van der Waals surface area contributed by atoms with Gasteiger partial charge in [0.2, 0.25) is 0 Å². The minimum atomic E-state index is 0.209. The normalized spacial score (nSPS) is 12.2. The van der Waals surface area contributed by atoms with E-state index in [0.717, 1.165) is 31.0 Å². The Morgan fingerprint density at radius 1 is 1.00 bits per heavy atom. The van der Waals surface area contributed by atoms with Gasteiger partial charge in [-0.2, -0.15) is 0 Å². The van der Waals surface area contributed by atoms with E-state index in [1.807, 2.05) is 6.07 Å². The van der Waals surface area contributed by atoms with Gasteiger partial charge in [-0.3, -0.25) is 0 Å². The third-order valence-electron chi connectivity index (χ3n) is 4.17. The number of benzene rings is 1. The van der Waals surface area contributed by atoms with E-state index in [1.54, 1.807) is 7.11 Å². The average Bonchev–Trinajstić information content (AvgIpc) is 2.58. The third-order valence-corrected chi connectivity index (χ3v) is 4.17. The largest absolute Gasteiger partial charge is 0.493 e. The number of nitrogens with one attached hydrogen (secondary N) is 1. The second kappa shape index (κ2) is 12.2. The predicted molar refractivity (Wildman–Crippen MR) is 98.5 cm³/mol. The molecule has 0 heterocycles.